The second kappa shape index (κ2) is 18.4. The van der Waals surface area contributed by atoms with Crippen LogP contribution in [0.5, 0.6) is 0 Å². The Morgan fingerprint density at radius 2 is 0.483 bits per heavy atom. The quantitative estimate of drug-likeness (QED) is 0.0760. The molecule has 3 aromatic carbocycles. The van der Waals surface area contributed by atoms with Gasteiger partial charge in [-0.05, 0) is 103 Å². The SMILES string of the molecule is O=C(Nc1cc(NC(=O)c2ccncc2)cc(C(=O)Nc2cccc(NC(=O)c3cc(NC(=O)c4ccncc4)cc(NC(=O)c4ccncc4)c3)c2)c1)c1ccncc1. The van der Waals surface area contributed by atoms with Crippen molar-refractivity contribution in [1.29, 1.82) is 0 Å². The number of anilines is 6. The molecule has 0 saturated heterocycles. The first kappa shape index (κ1) is 39.3. The molecule has 0 fully saturated rings. The van der Waals surface area contributed by atoms with Gasteiger partial charge in [0.15, 0.2) is 0 Å². The molecule has 294 valence electrons. The zero-order chi connectivity index (χ0) is 41.8. The van der Waals surface area contributed by atoms with Crippen molar-refractivity contribution in [1.82, 2.24) is 19.9 Å². The molecule has 0 unspecified atom stereocenters. The van der Waals surface area contributed by atoms with Gasteiger partial charge in [0, 0.05) is 117 Å². The number of aromatic nitrogens is 4. The fraction of sp³-hybridized carbons (Fsp3) is 0. The molecular weight excluding hydrogens is 765 g/mol. The molecule has 0 radical (unpaired) electrons. The maximum absolute atomic E-state index is 13.7. The lowest BCUT2D eigenvalue weighted by Crippen LogP contribution is -2.18. The summed E-state index contributed by atoms with van der Waals surface area (Å²) in [6, 6.07) is 27.4. The van der Waals surface area contributed by atoms with Crippen molar-refractivity contribution >= 4 is 69.6 Å². The number of benzene rings is 3. The average molecular weight is 797 g/mol. The Bertz CT molecular complexity index is 2390. The summed E-state index contributed by atoms with van der Waals surface area (Å²) in [4.78, 5) is 95.2. The first-order valence-electron chi connectivity index (χ1n) is 18.1. The van der Waals surface area contributed by atoms with Crippen LogP contribution < -0.4 is 31.9 Å². The number of nitrogens with zero attached hydrogens (tertiary/aromatic N) is 4. The molecule has 7 rings (SSSR count). The first-order valence-corrected chi connectivity index (χ1v) is 18.1. The lowest BCUT2D eigenvalue weighted by atomic mass is 10.1. The van der Waals surface area contributed by atoms with Crippen LogP contribution in [0.25, 0.3) is 0 Å². The van der Waals surface area contributed by atoms with Gasteiger partial charge in [-0.2, -0.15) is 0 Å². The molecule has 0 aliphatic heterocycles. The van der Waals surface area contributed by atoms with Gasteiger partial charge in [-0.3, -0.25) is 48.7 Å². The van der Waals surface area contributed by atoms with E-state index < -0.39 is 35.4 Å². The monoisotopic (exact) mass is 796 g/mol. The number of carbonyl (C=O) groups excluding carboxylic acids is 6. The highest BCUT2D eigenvalue weighted by Gasteiger charge is 2.17. The molecule has 16 heteroatoms. The zero-order valence-electron chi connectivity index (χ0n) is 31.2. The molecule has 0 saturated carbocycles. The van der Waals surface area contributed by atoms with E-state index in [4.69, 9.17) is 0 Å². The van der Waals surface area contributed by atoms with Crippen LogP contribution >= 0.6 is 0 Å². The Balaban J connectivity index is 1.10. The van der Waals surface area contributed by atoms with E-state index in [1.54, 1.807) is 18.2 Å². The molecule has 0 aliphatic rings. The minimum absolute atomic E-state index is 0.0916. The molecule has 6 N–H and O–H groups in total. The summed E-state index contributed by atoms with van der Waals surface area (Å²) in [5, 5.41) is 16.6. The smallest absolute Gasteiger partial charge is 0.255 e. The van der Waals surface area contributed by atoms with E-state index in [1.807, 2.05) is 0 Å². The summed E-state index contributed by atoms with van der Waals surface area (Å²) >= 11 is 0. The van der Waals surface area contributed by atoms with Crippen LogP contribution in [-0.2, 0) is 0 Å². The van der Waals surface area contributed by atoms with Crippen LogP contribution in [0.15, 0.2) is 159 Å². The Kier molecular flexibility index (Phi) is 12.0. The summed E-state index contributed by atoms with van der Waals surface area (Å²) < 4.78 is 0. The largest absolute Gasteiger partial charge is 0.322 e. The number of carbonyl (C=O) groups is 6. The number of nitrogens with one attached hydrogen (secondary N) is 6. The summed E-state index contributed by atoms with van der Waals surface area (Å²) in [6.45, 7) is 0. The lowest BCUT2D eigenvalue weighted by molar-refractivity contribution is 0.101. The second-order valence-corrected chi connectivity index (χ2v) is 12.8. The molecule has 60 heavy (non-hydrogen) atoms. The Hall–Kier alpha value is -8.92. The fourth-order valence-corrected chi connectivity index (χ4v) is 5.71. The third kappa shape index (κ3) is 10.3. The van der Waals surface area contributed by atoms with Crippen LogP contribution in [0.4, 0.5) is 34.1 Å². The van der Waals surface area contributed by atoms with Gasteiger partial charge in [-0.15, -0.1) is 0 Å². The van der Waals surface area contributed by atoms with Gasteiger partial charge in [-0.1, -0.05) is 6.07 Å². The van der Waals surface area contributed by atoms with Crippen LogP contribution in [-0.4, -0.2) is 55.4 Å². The van der Waals surface area contributed by atoms with E-state index in [-0.39, 0.29) is 33.9 Å². The van der Waals surface area contributed by atoms with Gasteiger partial charge in [0.1, 0.15) is 0 Å². The number of amides is 6. The normalized spacial score (nSPS) is 10.4. The fourth-order valence-electron chi connectivity index (χ4n) is 5.71. The third-order valence-corrected chi connectivity index (χ3v) is 8.57. The molecule has 4 heterocycles. The van der Waals surface area contributed by atoms with E-state index >= 15 is 0 Å². The summed E-state index contributed by atoms with van der Waals surface area (Å²) in [5.74, 6) is -3.04. The Labute approximate surface area is 341 Å². The topological polar surface area (TPSA) is 226 Å². The van der Waals surface area contributed by atoms with E-state index in [2.05, 4.69) is 51.8 Å². The minimum atomic E-state index is -0.592. The van der Waals surface area contributed by atoms with Crippen LogP contribution in [0, 0.1) is 0 Å². The maximum atomic E-state index is 13.7. The van der Waals surface area contributed by atoms with Crippen molar-refractivity contribution in [2.45, 2.75) is 0 Å². The van der Waals surface area contributed by atoms with E-state index in [0.717, 1.165) is 0 Å². The van der Waals surface area contributed by atoms with Crippen molar-refractivity contribution in [3.05, 3.63) is 192 Å². The third-order valence-electron chi connectivity index (χ3n) is 8.57. The van der Waals surface area contributed by atoms with Crippen LogP contribution in [0.2, 0.25) is 0 Å². The number of hydrogen-bond acceptors (Lipinski definition) is 10. The van der Waals surface area contributed by atoms with Crippen molar-refractivity contribution in [3.63, 3.8) is 0 Å². The highest BCUT2D eigenvalue weighted by Crippen LogP contribution is 2.25. The van der Waals surface area contributed by atoms with Crippen molar-refractivity contribution < 1.29 is 28.8 Å². The van der Waals surface area contributed by atoms with E-state index in [9.17, 15) is 28.8 Å². The lowest BCUT2D eigenvalue weighted by Gasteiger charge is -2.14. The summed E-state index contributed by atoms with van der Waals surface area (Å²) in [7, 11) is 0. The number of pyridine rings is 4. The first-order chi connectivity index (χ1) is 29.2. The molecule has 0 spiro atoms. The predicted octanol–water partition coefficient (Wildman–Crippen LogP) is 6.78. The van der Waals surface area contributed by atoms with Crippen LogP contribution in [0.1, 0.15) is 62.1 Å². The molecule has 0 bridgehead atoms. The van der Waals surface area contributed by atoms with E-state index in [1.165, 1.54) is 141 Å². The molecular formula is C44H32N10O6. The predicted molar refractivity (Wildman–Crippen MR) is 224 cm³/mol. The summed E-state index contributed by atoms with van der Waals surface area (Å²) in [6.07, 6.45) is 11.8. The summed E-state index contributed by atoms with van der Waals surface area (Å²) in [5.41, 5.74) is 3.01. The van der Waals surface area contributed by atoms with Gasteiger partial charge >= 0.3 is 0 Å². The Morgan fingerprint density at radius 1 is 0.267 bits per heavy atom. The number of hydrogen-bond donors (Lipinski definition) is 6. The van der Waals surface area contributed by atoms with Crippen molar-refractivity contribution in [2.24, 2.45) is 0 Å². The number of rotatable bonds is 12. The standard InChI is InChI=1S/C44H32N10O6/c55-39(27-4-12-45-13-5-27)51-35-20-31(21-36(25-35)52-40(56)28-6-14-46-15-7-28)43(59)49-33-2-1-3-34(24-33)50-44(60)32-22-37(53-41(57)29-8-16-47-17-9-29)26-38(23-32)54-42(58)30-10-18-48-19-11-30/h1-26H,(H,49,59)(H,50,60)(H,51,55)(H,52,56)(H,53,57)(H,54,58). The molecule has 16 nitrogen and oxygen atoms in total. The van der Waals surface area contributed by atoms with Gasteiger partial charge in [0.05, 0.1) is 0 Å². The van der Waals surface area contributed by atoms with Crippen molar-refractivity contribution in [3.8, 4) is 0 Å². The van der Waals surface area contributed by atoms with Gasteiger partial charge < -0.3 is 31.9 Å². The molecule has 4 aromatic heterocycles. The molecule has 0 aliphatic carbocycles. The van der Waals surface area contributed by atoms with E-state index in [0.29, 0.717) is 33.6 Å². The maximum Gasteiger partial charge on any atom is 0.255 e. The Morgan fingerprint density at radius 3 is 0.750 bits per heavy atom. The zero-order valence-corrected chi connectivity index (χ0v) is 31.2. The van der Waals surface area contributed by atoms with Gasteiger partial charge in [0.2, 0.25) is 0 Å². The molecule has 6 amide bonds. The molecule has 7 aromatic rings. The van der Waals surface area contributed by atoms with Gasteiger partial charge in [-0.25, -0.2) is 0 Å². The molecule has 0 atom stereocenters. The minimum Gasteiger partial charge on any atom is -0.322 e. The van der Waals surface area contributed by atoms with Crippen molar-refractivity contribution in [2.75, 3.05) is 31.9 Å². The highest BCUT2D eigenvalue weighted by atomic mass is 16.2. The average Bonchev–Trinajstić information content (AvgIpc) is 3.27. The highest BCUT2D eigenvalue weighted by molar-refractivity contribution is 6.12. The van der Waals surface area contributed by atoms with Gasteiger partial charge in [0.25, 0.3) is 35.4 Å². The van der Waals surface area contributed by atoms with Crippen LogP contribution in [0.3, 0.4) is 0 Å². The second-order valence-electron chi connectivity index (χ2n) is 12.8.